The predicted molar refractivity (Wildman–Crippen MR) is 49.0 cm³/mol. The number of carboxylic acids is 1. The van der Waals surface area contributed by atoms with Crippen molar-refractivity contribution in [2.24, 2.45) is 0 Å². The second kappa shape index (κ2) is 6.58. The first-order valence-electron chi connectivity index (χ1n) is 4.19. The van der Waals surface area contributed by atoms with Crippen LogP contribution < -0.4 is 0 Å². The third-order valence-corrected chi connectivity index (χ3v) is 1.35. The Morgan fingerprint density at radius 3 is 2.53 bits per heavy atom. The van der Waals surface area contributed by atoms with E-state index >= 15 is 0 Å². The third-order valence-electron chi connectivity index (χ3n) is 1.35. The molecule has 0 aliphatic carbocycles. The van der Waals surface area contributed by atoms with Gasteiger partial charge >= 0.3 is 17.9 Å². The van der Waals surface area contributed by atoms with Gasteiger partial charge in [-0.2, -0.15) is 0 Å². The normalized spacial score (nSPS) is 11.3. The Morgan fingerprint density at radius 1 is 1.47 bits per heavy atom. The van der Waals surface area contributed by atoms with Crippen LogP contribution in [0.1, 0.15) is 13.3 Å². The summed E-state index contributed by atoms with van der Waals surface area (Å²) in [5, 5.41) is 8.26. The summed E-state index contributed by atoms with van der Waals surface area (Å²) in [6.07, 6.45) is -0.432. The number of esters is 2. The minimum Gasteiger partial charge on any atom is -0.481 e. The van der Waals surface area contributed by atoms with Gasteiger partial charge in [0.15, 0.2) is 6.10 Å². The molecule has 0 rings (SSSR count). The van der Waals surface area contributed by atoms with Gasteiger partial charge < -0.3 is 14.6 Å². The molecule has 84 valence electrons. The molecule has 1 unspecified atom stereocenters. The van der Waals surface area contributed by atoms with E-state index in [4.69, 9.17) is 5.11 Å². The lowest BCUT2D eigenvalue weighted by Crippen LogP contribution is -2.26. The first-order chi connectivity index (χ1) is 6.97. The molecule has 0 heterocycles. The summed E-state index contributed by atoms with van der Waals surface area (Å²) in [6.45, 7) is 4.23. The highest BCUT2D eigenvalue weighted by Crippen LogP contribution is 1.97. The summed E-state index contributed by atoms with van der Waals surface area (Å²) in [6, 6.07) is 0. The van der Waals surface area contributed by atoms with Gasteiger partial charge in [-0.25, -0.2) is 9.59 Å². The van der Waals surface area contributed by atoms with Gasteiger partial charge in [-0.1, -0.05) is 6.58 Å². The number of carboxylic acid groups (broad SMARTS) is 1. The molecule has 0 aromatic rings. The molecule has 0 aliphatic heterocycles. The summed E-state index contributed by atoms with van der Waals surface area (Å²) < 4.78 is 9.07. The van der Waals surface area contributed by atoms with Gasteiger partial charge in [0, 0.05) is 6.08 Å². The van der Waals surface area contributed by atoms with Crippen molar-refractivity contribution < 1.29 is 29.0 Å². The molecule has 1 N–H and O–H groups in total. The fourth-order valence-corrected chi connectivity index (χ4v) is 0.627. The highest BCUT2D eigenvalue weighted by molar-refractivity contribution is 5.85. The minimum atomic E-state index is -1.07. The molecular formula is C9H12O6. The first-order valence-corrected chi connectivity index (χ1v) is 4.19. The summed E-state index contributed by atoms with van der Waals surface area (Å²) in [5.74, 6) is -2.59. The summed E-state index contributed by atoms with van der Waals surface area (Å²) in [5.41, 5.74) is 0. The van der Waals surface area contributed by atoms with Crippen LogP contribution >= 0.6 is 0 Å². The van der Waals surface area contributed by atoms with Gasteiger partial charge in [0.1, 0.15) is 6.61 Å². The molecule has 0 aromatic carbocycles. The standard InChI is InChI=1S/C9H12O6/c1-3-8(12)15-6(2)9(13)14-5-4-7(10)11/h3,6H,1,4-5H2,2H3,(H,10,11). The predicted octanol–water partition coefficient (Wildman–Crippen LogP) is 0.122. The molecule has 6 heteroatoms. The lowest BCUT2D eigenvalue weighted by atomic mass is 10.4. The molecule has 1 atom stereocenters. The number of aliphatic carboxylic acids is 1. The zero-order chi connectivity index (χ0) is 11.8. The SMILES string of the molecule is C=CC(=O)OC(C)C(=O)OCCC(=O)O. The van der Waals surface area contributed by atoms with Gasteiger partial charge in [0.05, 0.1) is 6.42 Å². The van der Waals surface area contributed by atoms with Crippen molar-refractivity contribution in [3.8, 4) is 0 Å². The molecule has 0 fully saturated rings. The minimum absolute atomic E-state index is 0.246. The van der Waals surface area contributed by atoms with E-state index in [1.54, 1.807) is 0 Å². The summed E-state index contributed by atoms with van der Waals surface area (Å²) >= 11 is 0. The van der Waals surface area contributed by atoms with E-state index < -0.39 is 24.0 Å². The van der Waals surface area contributed by atoms with E-state index in [2.05, 4.69) is 16.1 Å². The molecule has 0 aromatic heterocycles. The van der Waals surface area contributed by atoms with Crippen LogP contribution in [0.3, 0.4) is 0 Å². The Labute approximate surface area is 86.5 Å². The van der Waals surface area contributed by atoms with Crippen molar-refractivity contribution in [3.63, 3.8) is 0 Å². The highest BCUT2D eigenvalue weighted by atomic mass is 16.6. The average Bonchev–Trinajstić information content (AvgIpc) is 2.16. The van der Waals surface area contributed by atoms with E-state index in [-0.39, 0.29) is 13.0 Å². The second-order valence-corrected chi connectivity index (χ2v) is 2.59. The van der Waals surface area contributed by atoms with Crippen LogP contribution in [0, 0.1) is 0 Å². The van der Waals surface area contributed by atoms with Gasteiger partial charge in [-0.3, -0.25) is 4.79 Å². The van der Waals surface area contributed by atoms with E-state index in [0.29, 0.717) is 0 Å². The number of hydrogen-bond acceptors (Lipinski definition) is 5. The van der Waals surface area contributed by atoms with E-state index in [1.807, 2.05) is 0 Å². The zero-order valence-corrected chi connectivity index (χ0v) is 8.26. The van der Waals surface area contributed by atoms with Crippen LogP contribution in [-0.4, -0.2) is 35.7 Å². The highest BCUT2D eigenvalue weighted by Gasteiger charge is 2.17. The third kappa shape index (κ3) is 6.25. The maximum atomic E-state index is 11.0. The quantitative estimate of drug-likeness (QED) is 0.501. The first kappa shape index (κ1) is 13.2. The average molecular weight is 216 g/mol. The smallest absolute Gasteiger partial charge is 0.347 e. The van der Waals surface area contributed by atoms with E-state index in [1.165, 1.54) is 6.92 Å². The fourth-order valence-electron chi connectivity index (χ4n) is 0.627. The second-order valence-electron chi connectivity index (χ2n) is 2.59. The van der Waals surface area contributed by atoms with Crippen LogP contribution in [0.15, 0.2) is 12.7 Å². The van der Waals surface area contributed by atoms with E-state index in [0.717, 1.165) is 6.08 Å². The number of hydrogen-bond donors (Lipinski definition) is 1. The molecule has 0 spiro atoms. The van der Waals surface area contributed by atoms with Crippen LogP contribution in [0.25, 0.3) is 0 Å². The number of carbonyl (C=O) groups excluding carboxylic acids is 2. The Morgan fingerprint density at radius 2 is 2.07 bits per heavy atom. The van der Waals surface area contributed by atoms with Crippen molar-refractivity contribution in [2.75, 3.05) is 6.61 Å². The monoisotopic (exact) mass is 216 g/mol. The lowest BCUT2D eigenvalue weighted by Gasteiger charge is -2.10. The lowest BCUT2D eigenvalue weighted by molar-refractivity contribution is -0.164. The van der Waals surface area contributed by atoms with Crippen LogP contribution in [-0.2, 0) is 23.9 Å². The maximum absolute atomic E-state index is 11.0. The molecular weight excluding hydrogens is 204 g/mol. The van der Waals surface area contributed by atoms with Gasteiger partial charge in [0.25, 0.3) is 0 Å². The number of carbonyl (C=O) groups is 3. The Kier molecular flexibility index (Phi) is 5.77. The van der Waals surface area contributed by atoms with Crippen molar-refractivity contribution in [2.45, 2.75) is 19.4 Å². The van der Waals surface area contributed by atoms with Gasteiger partial charge in [-0.15, -0.1) is 0 Å². The van der Waals surface area contributed by atoms with Crippen molar-refractivity contribution in [1.29, 1.82) is 0 Å². The molecule has 0 bridgehead atoms. The van der Waals surface area contributed by atoms with Crippen LogP contribution in [0.2, 0.25) is 0 Å². The van der Waals surface area contributed by atoms with E-state index in [9.17, 15) is 14.4 Å². The van der Waals surface area contributed by atoms with Gasteiger partial charge in [-0.05, 0) is 6.92 Å². The molecule has 0 amide bonds. The molecule has 0 aliphatic rings. The molecule has 6 nitrogen and oxygen atoms in total. The molecule has 0 saturated carbocycles. The number of rotatable bonds is 6. The van der Waals surface area contributed by atoms with Crippen molar-refractivity contribution >= 4 is 17.9 Å². The maximum Gasteiger partial charge on any atom is 0.347 e. The molecule has 15 heavy (non-hydrogen) atoms. The Hall–Kier alpha value is -1.85. The fraction of sp³-hybridized carbons (Fsp3) is 0.444. The van der Waals surface area contributed by atoms with Crippen molar-refractivity contribution in [1.82, 2.24) is 0 Å². The Bertz CT molecular complexity index is 270. The van der Waals surface area contributed by atoms with Gasteiger partial charge in [0.2, 0.25) is 0 Å². The molecule has 0 saturated heterocycles. The van der Waals surface area contributed by atoms with Crippen LogP contribution in [0.5, 0.6) is 0 Å². The molecule has 0 radical (unpaired) electrons. The largest absolute Gasteiger partial charge is 0.481 e. The topological polar surface area (TPSA) is 89.9 Å². The number of ether oxygens (including phenoxy) is 2. The summed E-state index contributed by atoms with van der Waals surface area (Å²) in [7, 11) is 0. The summed E-state index contributed by atoms with van der Waals surface area (Å²) in [4.78, 5) is 31.8. The van der Waals surface area contributed by atoms with Crippen LogP contribution in [0.4, 0.5) is 0 Å². The Balaban J connectivity index is 3.83. The van der Waals surface area contributed by atoms with Crippen molar-refractivity contribution in [3.05, 3.63) is 12.7 Å². The zero-order valence-electron chi connectivity index (χ0n) is 8.26.